The molecule has 8 rings (SSSR count). The highest BCUT2D eigenvalue weighted by atomic mass is 16.8. The normalized spacial score (nSPS) is 52.8. The number of ether oxygens (including phenoxy) is 11. The lowest BCUT2D eigenvalue weighted by Gasteiger charge is -2.66. The van der Waals surface area contributed by atoms with Crippen LogP contribution in [0.5, 0.6) is 0 Å². The van der Waals surface area contributed by atoms with Crippen molar-refractivity contribution in [1.29, 1.82) is 0 Å². The summed E-state index contributed by atoms with van der Waals surface area (Å²) < 4.78 is 66.3. The highest BCUT2D eigenvalue weighted by Gasteiger charge is 2.80. The fourth-order valence-electron chi connectivity index (χ4n) is 13.9. The minimum Gasteiger partial charge on any atom is -0.394 e. The minimum absolute atomic E-state index is 0.00279. The Morgan fingerprint density at radius 2 is 1.17 bits per heavy atom. The molecule has 0 radical (unpaired) electrons. The highest BCUT2D eigenvalue weighted by Crippen LogP contribution is 2.70. The number of aliphatic hydroxyl groups is 12. The van der Waals surface area contributed by atoms with Crippen LogP contribution < -0.4 is 0 Å². The largest absolute Gasteiger partial charge is 0.394 e. The molecule has 0 bridgehead atoms. The predicted molar refractivity (Wildman–Crippen MR) is 240 cm³/mol. The monoisotopic (exact) mass is 1040 g/mol. The van der Waals surface area contributed by atoms with Crippen LogP contribution in [0.4, 0.5) is 0 Å². The summed E-state index contributed by atoms with van der Waals surface area (Å²) in [7, 11) is 4.13. The molecule has 8 aliphatic rings. The van der Waals surface area contributed by atoms with Crippen molar-refractivity contribution < 1.29 is 118 Å². The number of aliphatic hydroxyl groups excluding tert-OH is 9. The van der Waals surface area contributed by atoms with Gasteiger partial charge in [0.2, 0.25) is 0 Å². The van der Waals surface area contributed by atoms with Crippen molar-refractivity contribution in [2.45, 2.75) is 218 Å². The summed E-state index contributed by atoms with van der Waals surface area (Å²) in [5.74, 6) is -1.14. The van der Waals surface area contributed by atoms with Gasteiger partial charge in [0.15, 0.2) is 30.9 Å². The van der Waals surface area contributed by atoms with Gasteiger partial charge >= 0.3 is 0 Å². The number of ketones is 1. The van der Waals surface area contributed by atoms with Gasteiger partial charge in [-0.05, 0) is 57.3 Å². The summed E-state index contributed by atoms with van der Waals surface area (Å²) in [5, 5.41) is 132. The van der Waals surface area contributed by atoms with Gasteiger partial charge in [-0.2, -0.15) is 0 Å². The first-order chi connectivity index (χ1) is 34.1. The van der Waals surface area contributed by atoms with E-state index < -0.39 is 182 Å². The lowest BCUT2D eigenvalue weighted by Crippen LogP contribution is -2.78. The van der Waals surface area contributed by atoms with Crippen molar-refractivity contribution in [2.75, 3.05) is 47.8 Å². The maximum Gasteiger partial charge on any atom is 0.187 e. The summed E-state index contributed by atoms with van der Waals surface area (Å²) in [6.45, 7) is 2.22. The van der Waals surface area contributed by atoms with Crippen molar-refractivity contribution in [3.63, 3.8) is 0 Å². The fourth-order valence-corrected chi connectivity index (χ4v) is 13.9. The molecule has 26 atom stereocenters. The molecule has 1 unspecified atom stereocenters. The molecule has 4 aliphatic heterocycles. The van der Waals surface area contributed by atoms with E-state index in [4.69, 9.17) is 52.1 Å². The number of hydrogen-bond donors (Lipinski definition) is 12. The van der Waals surface area contributed by atoms with Crippen LogP contribution in [0.1, 0.15) is 78.6 Å². The Hall–Kier alpha value is -1.51. The SMILES string of the molecule is CO[C@H]1[C@@H](O)[C@H](O[C@H]2[C@@H](OC)C[C@H](O[C@H]3[C@@H](OC)C[C@H](O[C@H]4CC[C@@]5(C)C(=CC[C@]6(O)C5C[C@@H](O)[C@@]5(C)[C@]6(O)CC[C@@]5(O)C(C)=O)C4)O[C@@H]3CO)O[C@@H]2CO)O[C@H](CO)[C@H]1O[C@@H]1O[C@H](CO)[C@@H](O)[C@H](O)[C@H]1O. The first kappa shape index (κ1) is 56.7. The summed E-state index contributed by atoms with van der Waals surface area (Å²) >= 11 is 0. The minimum atomic E-state index is -2.00. The molecule has 0 amide bonds. The number of carbonyl (C=O) groups excluding carboxylic acids is 1. The van der Waals surface area contributed by atoms with E-state index >= 15 is 0 Å². The Morgan fingerprint density at radius 1 is 0.625 bits per heavy atom. The van der Waals surface area contributed by atoms with E-state index in [-0.39, 0.29) is 44.6 Å². The van der Waals surface area contributed by atoms with Crippen molar-refractivity contribution in [1.82, 2.24) is 0 Å². The molecule has 4 aliphatic carbocycles. The molecule has 414 valence electrons. The second-order valence-corrected chi connectivity index (χ2v) is 21.6. The molecule has 0 aromatic rings. The van der Waals surface area contributed by atoms with Crippen LogP contribution in [0.25, 0.3) is 0 Å². The lowest BCUT2D eigenvalue weighted by molar-refractivity contribution is -0.379. The molecule has 0 aromatic carbocycles. The standard InChI is InChI=1S/C48H78O24/c1-21(53)46(59)11-12-48(61)45(46,3)31(54)16-30-44(2)9-8-23(13-22(44)7-10-47(30,48)60)65-32-14-24(62-4)38(27(18-50)66-32)70-33-15-25(63-5)39(28(19-51)67-33)71-43-37(58)41(64-6)40(29(20-52)69-43)72-42-36(57)35(56)34(55)26(17-49)68-42/h7,23-43,49-52,54-61H,8-20H2,1-6H3/t23-,24-,25-,26+,27+,28+,29+,30?,31+,32+,33-,34+,35-,36+,37+,38-,39-,40+,41-,42-,43-,44-,45+,46+,47-,48+/m0/s1. The zero-order valence-electron chi connectivity index (χ0n) is 41.7. The number of fused-ring (bicyclic) bond motifs is 5. The predicted octanol–water partition coefficient (Wildman–Crippen LogP) is -3.85. The number of methoxy groups -OCH3 is 3. The van der Waals surface area contributed by atoms with Crippen LogP contribution in [0, 0.1) is 16.7 Å². The maximum absolute atomic E-state index is 12.8. The van der Waals surface area contributed by atoms with Gasteiger partial charge in [0.05, 0.1) is 56.3 Å². The average molecular weight is 1040 g/mol. The van der Waals surface area contributed by atoms with Crippen LogP contribution in [0.2, 0.25) is 0 Å². The quantitative estimate of drug-likeness (QED) is 0.0659. The third-order valence-corrected chi connectivity index (χ3v) is 18.2. The summed E-state index contributed by atoms with van der Waals surface area (Å²) in [6, 6.07) is 0. The van der Waals surface area contributed by atoms with Gasteiger partial charge in [-0.3, -0.25) is 4.79 Å². The zero-order chi connectivity index (χ0) is 52.5. The van der Waals surface area contributed by atoms with Gasteiger partial charge in [-0.1, -0.05) is 25.5 Å². The molecule has 0 aromatic heterocycles. The van der Waals surface area contributed by atoms with E-state index in [1.807, 2.05) is 13.0 Å². The first-order valence-corrected chi connectivity index (χ1v) is 25.1. The number of hydrogen-bond acceptors (Lipinski definition) is 24. The van der Waals surface area contributed by atoms with E-state index in [9.17, 15) is 66.1 Å². The Morgan fingerprint density at radius 3 is 1.74 bits per heavy atom. The maximum atomic E-state index is 12.8. The van der Waals surface area contributed by atoms with E-state index in [1.54, 1.807) is 0 Å². The van der Waals surface area contributed by atoms with Crippen LogP contribution in [0.15, 0.2) is 11.6 Å². The van der Waals surface area contributed by atoms with Gasteiger partial charge in [0.1, 0.15) is 90.1 Å². The highest BCUT2D eigenvalue weighted by molar-refractivity contribution is 5.87. The Labute approximate surface area is 417 Å². The third-order valence-electron chi connectivity index (χ3n) is 18.2. The van der Waals surface area contributed by atoms with Crippen molar-refractivity contribution in [3.8, 4) is 0 Å². The van der Waals surface area contributed by atoms with E-state index in [0.29, 0.717) is 19.3 Å². The Balaban J connectivity index is 0.891. The second-order valence-electron chi connectivity index (χ2n) is 21.6. The molecule has 7 fully saturated rings. The smallest absolute Gasteiger partial charge is 0.187 e. The fraction of sp³-hybridized carbons (Fsp3) is 0.938. The van der Waals surface area contributed by atoms with Crippen molar-refractivity contribution in [3.05, 3.63) is 11.6 Å². The van der Waals surface area contributed by atoms with Gasteiger partial charge in [0.25, 0.3) is 0 Å². The molecule has 4 heterocycles. The number of carbonyl (C=O) groups is 1. The molecular weight excluding hydrogens is 961 g/mol. The van der Waals surface area contributed by atoms with Crippen molar-refractivity contribution >= 4 is 5.78 Å². The number of Topliss-reactive ketones (excluding diaryl/α,β-unsaturated/α-hetero) is 1. The molecular formula is C48H78O24. The van der Waals surface area contributed by atoms with Crippen LogP contribution in [0.3, 0.4) is 0 Å². The van der Waals surface area contributed by atoms with Crippen molar-refractivity contribution in [2.24, 2.45) is 16.7 Å². The summed E-state index contributed by atoms with van der Waals surface area (Å²) in [5.41, 5.74) is -7.00. The lowest BCUT2D eigenvalue weighted by atomic mass is 9.42. The molecule has 0 spiro atoms. The summed E-state index contributed by atoms with van der Waals surface area (Å²) in [6.07, 6.45) is -20.9. The van der Waals surface area contributed by atoms with Gasteiger partial charge in [-0.25, -0.2) is 0 Å². The zero-order valence-corrected chi connectivity index (χ0v) is 41.7. The van der Waals surface area contributed by atoms with Gasteiger partial charge < -0.3 is 113 Å². The Kier molecular flexibility index (Phi) is 17.1. The van der Waals surface area contributed by atoms with Crippen LogP contribution in [-0.4, -0.2) is 254 Å². The first-order valence-electron chi connectivity index (χ1n) is 25.1. The number of rotatable bonds is 16. The molecule has 24 nitrogen and oxygen atoms in total. The Bertz CT molecular complexity index is 1870. The van der Waals surface area contributed by atoms with Gasteiger partial charge in [0, 0.05) is 40.1 Å². The molecule has 4 saturated heterocycles. The van der Waals surface area contributed by atoms with E-state index in [0.717, 1.165) is 5.57 Å². The van der Waals surface area contributed by atoms with E-state index in [2.05, 4.69) is 0 Å². The van der Waals surface area contributed by atoms with Crippen LogP contribution >= 0.6 is 0 Å². The average Bonchev–Trinajstić information content (AvgIpc) is 3.60. The molecule has 72 heavy (non-hydrogen) atoms. The molecule has 3 saturated carbocycles. The summed E-state index contributed by atoms with van der Waals surface area (Å²) in [4.78, 5) is 12.8. The van der Waals surface area contributed by atoms with Crippen LogP contribution in [-0.2, 0) is 56.9 Å². The van der Waals surface area contributed by atoms with E-state index in [1.165, 1.54) is 35.2 Å². The molecule has 12 N–H and O–H groups in total. The third kappa shape index (κ3) is 9.17. The molecule has 24 heteroatoms. The van der Waals surface area contributed by atoms with Gasteiger partial charge in [-0.15, -0.1) is 0 Å². The topological polar surface area (TPSA) is 361 Å². The second kappa shape index (κ2) is 21.7.